The van der Waals surface area contributed by atoms with Crippen molar-refractivity contribution >= 4 is 10.0 Å². The highest BCUT2D eigenvalue weighted by molar-refractivity contribution is 7.89. The highest BCUT2D eigenvalue weighted by Gasteiger charge is 2.42. The lowest BCUT2D eigenvalue weighted by molar-refractivity contribution is 0.0344. The smallest absolute Gasteiger partial charge is 0.246 e. The lowest BCUT2D eigenvalue weighted by atomic mass is 9.78. The molecule has 138 valence electrons. The maximum absolute atomic E-state index is 13.1. The minimum Gasteiger partial charge on any atom is -0.492 e. The van der Waals surface area contributed by atoms with E-state index in [-0.39, 0.29) is 5.41 Å². The Kier molecular flexibility index (Phi) is 4.54. The van der Waals surface area contributed by atoms with Crippen molar-refractivity contribution in [1.29, 1.82) is 0 Å². The zero-order valence-electron chi connectivity index (χ0n) is 15.0. The summed E-state index contributed by atoms with van der Waals surface area (Å²) in [5.41, 5.74) is -0.0728. The van der Waals surface area contributed by atoms with E-state index >= 15 is 0 Å². The number of sulfonamides is 1. The van der Waals surface area contributed by atoms with Gasteiger partial charge in [-0.2, -0.15) is 4.31 Å². The molecule has 0 atom stereocenters. The molecule has 2 fully saturated rings. The van der Waals surface area contributed by atoms with Crippen LogP contribution in [0, 0.1) is 11.3 Å². The fourth-order valence-electron chi connectivity index (χ4n) is 4.12. The van der Waals surface area contributed by atoms with Crippen LogP contribution < -0.4 is 4.74 Å². The molecule has 0 bridgehead atoms. The summed E-state index contributed by atoms with van der Waals surface area (Å²) in [7, 11) is -3.50. The molecular weight excluding hydrogens is 336 g/mol. The Morgan fingerprint density at radius 2 is 1.92 bits per heavy atom. The lowest BCUT2D eigenvalue weighted by Gasteiger charge is -2.45. The monoisotopic (exact) mass is 364 g/mol. The lowest BCUT2D eigenvalue weighted by Crippen LogP contribution is -2.51. The average Bonchev–Trinajstić information content (AvgIpc) is 3.43. The fraction of sp³-hybridized carbons (Fsp3) is 0.684. The van der Waals surface area contributed by atoms with Crippen molar-refractivity contribution in [1.82, 2.24) is 9.21 Å². The van der Waals surface area contributed by atoms with Crippen LogP contribution in [0.4, 0.5) is 0 Å². The molecule has 2 heterocycles. The zero-order valence-corrected chi connectivity index (χ0v) is 15.8. The first kappa shape index (κ1) is 17.3. The molecule has 1 aliphatic carbocycles. The minimum absolute atomic E-state index is 0.0728. The van der Waals surface area contributed by atoms with Crippen LogP contribution in [0.3, 0.4) is 0 Å². The third-order valence-corrected chi connectivity index (χ3v) is 7.96. The van der Waals surface area contributed by atoms with Gasteiger partial charge in [0.15, 0.2) is 0 Å². The number of rotatable bonds is 3. The average molecular weight is 365 g/mol. The molecule has 6 heteroatoms. The third kappa shape index (κ3) is 3.44. The molecule has 1 saturated carbocycles. The summed E-state index contributed by atoms with van der Waals surface area (Å²) >= 11 is 0. The number of hydrogen-bond donors (Lipinski definition) is 0. The molecule has 0 amide bonds. The summed E-state index contributed by atoms with van der Waals surface area (Å²) in [6.45, 7) is 6.93. The molecule has 5 nitrogen and oxygen atoms in total. The van der Waals surface area contributed by atoms with E-state index in [0.29, 0.717) is 30.3 Å². The van der Waals surface area contributed by atoms with Gasteiger partial charge in [0, 0.05) is 25.0 Å². The summed E-state index contributed by atoms with van der Waals surface area (Å²) in [4.78, 5) is 2.86. The van der Waals surface area contributed by atoms with Crippen LogP contribution in [0.1, 0.15) is 32.6 Å². The molecule has 2 aliphatic heterocycles. The summed E-state index contributed by atoms with van der Waals surface area (Å²) in [6.07, 6.45) is 4.77. The molecule has 0 aromatic heterocycles. The molecule has 3 aliphatic rings. The topological polar surface area (TPSA) is 49.9 Å². The Labute approximate surface area is 151 Å². The number of ether oxygens (including phenoxy) is 1. The van der Waals surface area contributed by atoms with Gasteiger partial charge in [-0.1, -0.05) is 19.1 Å². The van der Waals surface area contributed by atoms with Gasteiger partial charge in [0.05, 0.1) is 6.61 Å². The maximum atomic E-state index is 13.1. The quantitative estimate of drug-likeness (QED) is 0.827. The number of fused-ring (bicyclic) bond motifs is 1. The molecular formula is C19H28N2O3S. The largest absolute Gasteiger partial charge is 0.492 e. The first-order valence-corrected chi connectivity index (χ1v) is 10.9. The van der Waals surface area contributed by atoms with E-state index in [4.69, 9.17) is 4.74 Å². The molecule has 25 heavy (non-hydrogen) atoms. The van der Waals surface area contributed by atoms with Crippen molar-refractivity contribution in [2.75, 3.05) is 39.3 Å². The van der Waals surface area contributed by atoms with Crippen LogP contribution in [0.5, 0.6) is 5.75 Å². The second-order valence-electron chi connectivity index (χ2n) is 7.91. The normalized spacial score (nSPS) is 26.4. The van der Waals surface area contributed by atoms with E-state index in [9.17, 15) is 8.42 Å². The Bertz CT molecular complexity index is 722. The van der Waals surface area contributed by atoms with E-state index in [1.54, 1.807) is 22.5 Å². The Hall–Kier alpha value is -1.11. The number of likely N-dealkylation sites (tertiary alicyclic amines) is 1. The van der Waals surface area contributed by atoms with Gasteiger partial charge in [-0.05, 0) is 56.8 Å². The van der Waals surface area contributed by atoms with Gasteiger partial charge in [-0.3, -0.25) is 0 Å². The molecule has 0 radical (unpaired) electrons. The molecule has 4 rings (SSSR count). The zero-order chi connectivity index (χ0) is 17.5. The number of piperidine rings is 1. The second-order valence-corrected chi connectivity index (χ2v) is 9.82. The highest BCUT2D eigenvalue weighted by atomic mass is 32.2. The van der Waals surface area contributed by atoms with E-state index < -0.39 is 10.0 Å². The first-order chi connectivity index (χ1) is 12.0. The molecule has 0 N–H and O–H groups in total. The molecule has 1 aromatic rings. The summed E-state index contributed by atoms with van der Waals surface area (Å²) < 4.78 is 33.9. The van der Waals surface area contributed by atoms with Crippen molar-refractivity contribution in [2.24, 2.45) is 11.3 Å². The van der Waals surface area contributed by atoms with Gasteiger partial charge in [-0.15, -0.1) is 0 Å². The standard InChI is InChI=1S/C19H28N2O3S/c1-2-21-14-19(9-11-20(12-10-19)13-16-7-8-16)15-24-17-5-3-4-6-18(17)25(21,22)23/h3-6,16H,2,7-15H2,1H3. The van der Waals surface area contributed by atoms with Crippen molar-refractivity contribution in [3.8, 4) is 5.75 Å². The summed E-state index contributed by atoms with van der Waals surface area (Å²) in [6, 6.07) is 7.05. The van der Waals surface area contributed by atoms with Crippen molar-refractivity contribution in [2.45, 2.75) is 37.5 Å². The second kappa shape index (κ2) is 6.56. The molecule has 1 spiro atoms. The minimum atomic E-state index is -3.50. The van der Waals surface area contributed by atoms with Gasteiger partial charge >= 0.3 is 0 Å². The van der Waals surface area contributed by atoms with E-state index in [1.807, 2.05) is 13.0 Å². The predicted octanol–water partition coefficient (Wildman–Crippen LogP) is 2.58. The van der Waals surface area contributed by atoms with Crippen molar-refractivity contribution in [3.63, 3.8) is 0 Å². The SMILES string of the molecule is CCN1CC2(CCN(CC3CC3)CC2)COc2ccccc2S1(=O)=O. The molecule has 1 aromatic carbocycles. The molecule has 0 unspecified atom stereocenters. The van der Waals surface area contributed by atoms with E-state index in [0.717, 1.165) is 31.8 Å². The maximum Gasteiger partial charge on any atom is 0.246 e. The van der Waals surface area contributed by atoms with Gasteiger partial charge < -0.3 is 9.64 Å². The summed E-state index contributed by atoms with van der Waals surface area (Å²) in [5, 5.41) is 0. The van der Waals surface area contributed by atoms with Crippen LogP contribution in [-0.2, 0) is 10.0 Å². The van der Waals surface area contributed by atoms with Crippen molar-refractivity contribution in [3.05, 3.63) is 24.3 Å². The van der Waals surface area contributed by atoms with Crippen molar-refractivity contribution < 1.29 is 13.2 Å². The van der Waals surface area contributed by atoms with Crippen LogP contribution >= 0.6 is 0 Å². The fourth-order valence-corrected chi connectivity index (χ4v) is 5.81. The highest BCUT2D eigenvalue weighted by Crippen LogP contribution is 2.40. The number of para-hydroxylation sites is 1. The first-order valence-electron chi connectivity index (χ1n) is 9.47. The van der Waals surface area contributed by atoms with Gasteiger partial charge in [-0.25, -0.2) is 8.42 Å². The third-order valence-electron chi connectivity index (χ3n) is 6.00. The Balaban J connectivity index is 1.58. The number of benzene rings is 1. The summed E-state index contributed by atoms with van der Waals surface area (Å²) in [5.74, 6) is 1.41. The Morgan fingerprint density at radius 3 is 2.60 bits per heavy atom. The Morgan fingerprint density at radius 1 is 1.20 bits per heavy atom. The van der Waals surface area contributed by atoms with Gasteiger partial charge in [0.1, 0.15) is 10.6 Å². The van der Waals surface area contributed by atoms with Gasteiger partial charge in [0.2, 0.25) is 10.0 Å². The molecule has 1 saturated heterocycles. The number of nitrogens with zero attached hydrogens (tertiary/aromatic N) is 2. The van der Waals surface area contributed by atoms with Gasteiger partial charge in [0.25, 0.3) is 0 Å². The van der Waals surface area contributed by atoms with Crippen LogP contribution in [0.2, 0.25) is 0 Å². The van der Waals surface area contributed by atoms with Crippen LogP contribution in [0.15, 0.2) is 29.2 Å². The van der Waals surface area contributed by atoms with E-state index in [2.05, 4.69) is 4.90 Å². The predicted molar refractivity (Wildman–Crippen MR) is 97.2 cm³/mol. The number of hydrogen-bond acceptors (Lipinski definition) is 4. The van der Waals surface area contributed by atoms with Crippen LogP contribution in [0.25, 0.3) is 0 Å². The van der Waals surface area contributed by atoms with E-state index in [1.165, 1.54) is 19.4 Å². The van der Waals surface area contributed by atoms with Crippen LogP contribution in [-0.4, -0.2) is 57.0 Å².